The molecule has 0 bridgehead atoms. The van der Waals surface area contributed by atoms with Crippen molar-refractivity contribution in [3.05, 3.63) is 120 Å². The third kappa shape index (κ3) is 13.0. The number of amides is 2. The van der Waals surface area contributed by atoms with Crippen LogP contribution in [0.1, 0.15) is 42.9 Å². The van der Waals surface area contributed by atoms with E-state index < -0.39 is 13.1 Å². The lowest BCUT2D eigenvalue weighted by atomic mass is 9.75. The lowest BCUT2D eigenvalue weighted by Gasteiger charge is -2.27. The lowest BCUT2D eigenvalue weighted by molar-refractivity contribution is -0.121. The Morgan fingerprint density at radius 1 is 0.723 bits per heavy atom. The molecule has 0 fully saturated rings. The molecule has 12 heteroatoms. The van der Waals surface area contributed by atoms with Gasteiger partial charge in [0.15, 0.2) is 0 Å². The standard InChI is InChI=1S/C35H44BN7O4/c1-27(2)21-33(36(46)47)41-34(44)22-28-12-14-29(15-13-28)40-35(45)26-43(25-32-11-5-8-18-39-32)20-19-42(23-30-9-3-6-16-37-30)24-31-10-4-7-17-38-31/h3-18,27,33,46-47H,19-26H2,1-2H3,(H,40,45)(H,41,44). The molecule has 3 aromatic heterocycles. The predicted molar refractivity (Wildman–Crippen MR) is 182 cm³/mol. The summed E-state index contributed by atoms with van der Waals surface area (Å²) in [7, 11) is -1.62. The summed E-state index contributed by atoms with van der Waals surface area (Å²) in [6, 6.07) is 24.6. The van der Waals surface area contributed by atoms with Crippen LogP contribution < -0.4 is 10.6 Å². The minimum atomic E-state index is -1.62. The first-order valence-electron chi connectivity index (χ1n) is 15.9. The Bertz CT molecular complexity index is 1460. The molecule has 0 spiro atoms. The molecule has 0 aliphatic heterocycles. The molecular weight excluding hydrogens is 593 g/mol. The van der Waals surface area contributed by atoms with Crippen LogP contribution >= 0.6 is 0 Å². The van der Waals surface area contributed by atoms with Crippen LogP contribution in [0.4, 0.5) is 5.69 Å². The molecular formula is C35H44BN7O4. The van der Waals surface area contributed by atoms with Gasteiger partial charge in [0.1, 0.15) is 0 Å². The van der Waals surface area contributed by atoms with E-state index in [4.69, 9.17) is 0 Å². The summed E-state index contributed by atoms with van der Waals surface area (Å²) in [6.45, 7) is 7.14. The molecule has 47 heavy (non-hydrogen) atoms. The summed E-state index contributed by atoms with van der Waals surface area (Å²) in [5.74, 6) is -0.999. The van der Waals surface area contributed by atoms with Crippen molar-refractivity contribution in [2.24, 2.45) is 5.92 Å². The maximum atomic E-state index is 13.3. The summed E-state index contributed by atoms with van der Waals surface area (Å²) in [6.07, 6.45) is 5.87. The molecule has 0 saturated heterocycles. The van der Waals surface area contributed by atoms with Crippen molar-refractivity contribution in [2.45, 2.75) is 52.3 Å². The zero-order chi connectivity index (χ0) is 33.4. The first-order valence-corrected chi connectivity index (χ1v) is 15.9. The van der Waals surface area contributed by atoms with Crippen LogP contribution in [0.2, 0.25) is 0 Å². The lowest BCUT2D eigenvalue weighted by Crippen LogP contribution is -2.47. The van der Waals surface area contributed by atoms with Crippen LogP contribution in [0.5, 0.6) is 0 Å². The van der Waals surface area contributed by atoms with E-state index in [1.807, 2.05) is 68.4 Å². The van der Waals surface area contributed by atoms with Crippen molar-refractivity contribution < 1.29 is 19.6 Å². The van der Waals surface area contributed by atoms with Gasteiger partial charge in [0.05, 0.1) is 36.0 Å². The van der Waals surface area contributed by atoms with Crippen LogP contribution in [0.15, 0.2) is 97.5 Å². The van der Waals surface area contributed by atoms with Gasteiger partial charge < -0.3 is 20.7 Å². The maximum Gasteiger partial charge on any atom is 0.475 e. The van der Waals surface area contributed by atoms with Gasteiger partial charge in [-0.25, -0.2) is 0 Å². The third-order valence-corrected chi connectivity index (χ3v) is 7.47. The third-order valence-electron chi connectivity index (χ3n) is 7.47. The van der Waals surface area contributed by atoms with Gasteiger partial charge in [-0.05, 0) is 66.4 Å². The number of hydrogen-bond donors (Lipinski definition) is 4. The molecule has 0 aliphatic carbocycles. The van der Waals surface area contributed by atoms with Crippen molar-refractivity contribution in [1.29, 1.82) is 0 Å². The van der Waals surface area contributed by atoms with E-state index >= 15 is 0 Å². The Morgan fingerprint density at radius 2 is 1.23 bits per heavy atom. The molecule has 4 N–H and O–H groups in total. The molecule has 4 aromatic rings. The maximum absolute atomic E-state index is 13.3. The minimum Gasteiger partial charge on any atom is -0.426 e. The molecule has 2 amide bonds. The number of rotatable bonds is 18. The van der Waals surface area contributed by atoms with E-state index in [1.54, 1.807) is 42.9 Å². The number of carbonyl (C=O) groups is 2. The van der Waals surface area contributed by atoms with Crippen LogP contribution in [-0.2, 0) is 35.6 Å². The highest BCUT2D eigenvalue weighted by atomic mass is 16.4. The van der Waals surface area contributed by atoms with Crippen LogP contribution in [0.3, 0.4) is 0 Å². The SMILES string of the molecule is CC(C)CC(NC(=O)Cc1ccc(NC(=O)CN(CCN(Cc2ccccn2)Cc2ccccn2)Cc2ccccn2)cc1)B(O)O. The molecule has 11 nitrogen and oxygen atoms in total. The highest BCUT2D eigenvalue weighted by molar-refractivity contribution is 6.43. The van der Waals surface area contributed by atoms with Gasteiger partial charge in [-0.3, -0.25) is 34.3 Å². The average molecular weight is 638 g/mol. The zero-order valence-electron chi connectivity index (χ0n) is 27.1. The van der Waals surface area contributed by atoms with E-state index in [0.717, 1.165) is 22.6 Å². The van der Waals surface area contributed by atoms with Gasteiger partial charge >= 0.3 is 7.12 Å². The minimum absolute atomic E-state index is 0.0842. The Balaban J connectivity index is 1.37. The van der Waals surface area contributed by atoms with E-state index in [9.17, 15) is 19.6 Å². The van der Waals surface area contributed by atoms with E-state index in [2.05, 4.69) is 35.4 Å². The Morgan fingerprint density at radius 3 is 1.70 bits per heavy atom. The Labute approximate surface area is 277 Å². The number of anilines is 1. The van der Waals surface area contributed by atoms with Gasteiger partial charge in [-0.15, -0.1) is 0 Å². The van der Waals surface area contributed by atoms with E-state index in [1.165, 1.54) is 0 Å². The van der Waals surface area contributed by atoms with Crippen molar-refractivity contribution in [3.8, 4) is 0 Å². The number of benzene rings is 1. The summed E-state index contributed by atoms with van der Waals surface area (Å²) < 4.78 is 0. The predicted octanol–water partition coefficient (Wildman–Crippen LogP) is 3.10. The molecule has 246 valence electrons. The number of hydrogen-bond acceptors (Lipinski definition) is 9. The highest BCUT2D eigenvalue weighted by Crippen LogP contribution is 2.13. The Hall–Kier alpha value is -4.49. The second-order valence-electron chi connectivity index (χ2n) is 12.0. The monoisotopic (exact) mass is 637 g/mol. The molecule has 1 atom stereocenters. The van der Waals surface area contributed by atoms with Crippen molar-refractivity contribution in [3.63, 3.8) is 0 Å². The summed E-state index contributed by atoms with van der Waals surface area (Å²) >= 11 is 0. The van der Waals surface area contributed by atoms with E-state index in [-0.39, 0.29) is 30.7 Å². The smallest absolute Gasteiger partial charge is 0.426 e. The van der Waals surface area contributed by atoms with Crippen LogP contribution in [0, 0.1) is 5.92 Å². The summed E-state index contributed by atoms with van der Waals surface area (Å²) in [4.78, 5) is 43.6. The topological polar surface area (TPSA) is 144 Å². The van der Waals surface area contributed by atoms with Gasteiger partial charge in [-0.1, -0.05) is 44.2 Å². The van der Waals surface area contributed by atoms with Crippen molar-refractivity contribution in [2.75, 3.05) is 25.0 Å². The number of pyridine rings is 3. The van der Waals surface area contributed by atoms with Crippen molar-refractivity contribution in [1.82, 2.24) is 30.1 Å². The molecule has 3 heterocycles. The largest absolute Gasteiger partial charge is 0.475 e. The molecule has 0 aliphatic rings. The second-order valence-corrected chi connectivity index (χ2v) is 12.0. The number of nitrogens with one attached hydrogen (secondary N) is 2. The normalized spacial score (nSPS) is 11.9. The number of carbonyl (C=O) groups excluding carboxylic acids is 2. The quantitative estimate of drug-likeness (QED) is 0.121. The van der Waals surface area contributed by atoms with Crippen LogP contribution in [0.25, 0.3) is 0 Å². The summed E-state index contributed by atoms with van der Waals surface area (Å²) in [5.41, 5.74) is 4.15. The summed E-state index contributed by atoms with van der Waals surface area (Å²) in [5, 5.41) is 24.9. The van der Waals surface area contributed by atoms with Gasteiger partial charge in [0.25, 0.3) is 0 Å². The average Bonchev–Trinajstić information content (AvgIpc) is 3.05. The number of nitrogens with zero attached hydrogens (tertiary/aromatic N) is 5. The fraction of sp³-hybridized carbons (Fsp3) is 0.343. The van der Waals surface area contributed by atoms with E-state index in [0.29, 0.717) is 44.8 Å². The molecule has 0 saturated carbocycles. The first-order chi connectivity index (χ1) is 22.7. The van der Waals surface area contributed by atoms with Gasteiger partial charge in [-0.2, -0.15) is 0 Å². The fourth-order valence-corrected chi connectivity index (χ4v) is 5.19. The fourth-order valence-electron chi connectivity index (χ4n) is 5.19. The highest BCUT2D eigenvalue weighted by Gasteiger charge is 2.26. The number of aromatic nitrogens is 3. The van der Waals surface area contributed by atoms with Gasteiger partial charge in [0, 0.05) is 57.0 Å². The van der Waals surface area contributed by atoms with Gasteiger partial charge in [0.2, 0.25) is 11.8 Å². The second kappa shape index (κ2) is 18.6. The molecule has 0 radical (unpaired) electrons. The van der Waals surface area contributed by atoms with Crippen LogP contribution in [-0.4, -0.2) is 79.3 Å². The van der Waals surface area contributed by atoms with Crippen molar-refractivity contribution >= 4 is 24.6 Å². The molecule has 1 aromatic carbocycles. The molecule has 1 unspecified atom stereocenters. The molecule has 4 rings (SSSR count). The first kappa shape index (κ1) is 35.4. The zero-order valence-corrected chi connectivity index (χ0v) is 27.1. The Kier molecular flexibility index (Phi) is 14.0.